The smallest absolute Gasteiger partial charge is 0.0419 e. The van der Waals surface area contributed by atoms with Gasteiger partial charge in [0.25, 0.3) is 0 Å². The summed E-state index contributed by atoms with van der Waals surface area (Å²) in [6.07, 6.45) is 1.16. The minimum Gasteiger partial charge on any atom is -0.384 e. The average Bonchev–Trinajstić information content (AvgIpc) is 3.09. The summed E-state index contributed by atoms with van der Waals surface area (Å²) < 4.78 is 0. The molecular weight excluding hydrogens is 252 g/mol. The summed E-state index contributed by atoms with van der Waals surface area (Å²) >= 11 is 1.84. The number of thiophene rings is 1. The second-order valence-electron chi connectivity index (χ2n) is 5.23. The van der Waals surface area contributed by atoms with Crippen LogP contribution in [-0.4, -0.2) is 18.5 Å². The zero-order valence-corrected chi connectivity index (χ0v) is 12.3. The van der Waals surface area contributed by atoms with Crippen LogP contribution in [0.1, 0.15) is 29.0 Å². The van der Waals surface area contributed by atoms with Gasteiger partial charge in [-0.1, -0.05) is 24.3 Å². The standard InChI is InChI=1S/C16H20N2S/c1-12(15-7-4-10-19-15)18(2)11-14-6-3-5-13-8-9-17-16(13)14/h3-7,10,12,17H,8-9,11H2,1-2H3/t12-/m1/s1. The third kappa shape index (κ3) is 2.53. The van der Waals surface area contributed by atoms with Gasteiger partial charge >= 0.3 is 0 Å². The van der Waals surface area contributed by atoms with Crippen LogP contribution in [0.5, 0.6) is 0 Å². The van der Waals surface area contributed by atoms with Crippen molar-refractivity contribution in [2.45, 2.75) is 25.9 Å². The van der Waals surface area contributed by atoms with Crippen molar-refractivity contribution < 1.29 is 0 Å². The Kier molecular flexibility index (Phi) is 3.58. The first kappa shape index (κ1) is 12.7. The van der Waals surface area contributed by atoms with Crippen LogP contribution in [0.3, 0.4) is 0 Å². The van der Waals surface area contributed by atoms with E-state index in [1.807, 2.05) is 11.3 Å². The van der Waals surface area contributed by atoms with Gasteiger partial charge < -0.3 is 5.32 Å². The number of rotatable bonds is 4. The van der Waals surface area contributed by atoms with Gasteiger partial charge in [-0.3, -0.25) is 4.90 Å². The Morgan fingerprint density at radius 2 is 2.21 bits per heavy atom. The fourth-order valence-electron chi connectivity index (χ4n) is 2.69. The first-order chi connectivity index (χ1) is 9.25. The molecule has 1 N–H and O–H groups in total. The van der Waals surface area contributed by atoms with Crippen molar-refractivity contribution in [1.29, 1.82) is 0 Å². The van der Waals surface area contributed by atoms with Gasteiger partial charge in [0.15, 0.2) is 0 Å². The number of anilines is 1. The molecule has 1 aromatic carbocycles. The van der Waals surface area contributed by atoms with E-state index in [2.05, 4.69) is 59.9 Å². The summed E-state index contributed by atoms with van der Waals surface area (Å²) in [5.41, 5.74) is 4.25. The van der Waals surface area contributed by atoms with Crippen LogP contribution in [0.2, 0.25) is 0 Å². The molecule has 2 aromatic rings. The molecule has 19 heavy (non-hydrogen) atoms. The van der Waals surface area contributed by atoms with E-state index >= 15 is 0 Å². The van der Waals surface area contributed by atoms with Crippen LogP contribution in [0.25, 0.3) is 0 Å². The first-order valence-corrected chi connectivity index (χ1v) is 7.72. The molecule has 1 aliphatic heterocycles. The normalized spacial score (nSPS) is 15.3. The minimum atomic E-state index is 0.470. The summed E-state index contributed by atoms with van der Waals surface area (Å²) in [5, 5.41) is 5.68. The second-order valence-corrected chi connectivity index (χ2v) is 6.21. The van der Waals surface area contributed by atoms with Crippen LogP contribution in [0, 0.1) is 0 Å². The molecule has 0 aliphatic carbocycles. The Morgan fingerprint density at radius 1 is 1.32 bits per heavy atom. The molecule has 1 aromatic heterocycles. The van der Waals surface area contributed by atoms with Crippen molar-refractivity contribution in [3.63, 3.8) is 0 Å². The number of hydrogen-bond donors (Lipinski definition) is 1. The largest absolute Gasteiger partial charge is 0.384 e. The number of nitrogens with one attached hydrogen (secondary N) is 1. The van der Waals surface area contributed by atoms with Gasteiger partial charge in [-0.05, 0) is 43.0 Å². The molecule has 0 amide bonds. The quantitative estimate of drug-likeness (QED) is 0.908. The molecule has 0 fully saturated rings. The molecule has 0 spiro atoms. The van der Waals surface area contributed by atoms with E-state index in [-0.39, 0.29) is 0 Å². The van der Waals surface area contributed by atoms with Gasteiger partial charge in [-0.25, -0.2) is 0 Å². The molecular formula is C16H20N2S. The van der Waals surface area contributed by atoms with Crippen molar-refractivity contribution in [1.82, 2.24) is 4.90 Å². The lowest BCUT2D eigenvalue weighted by Gasteiger charge is -2.25. The summed E-state index contributed by atoms with van der Waals surface area (Å²) in [6.45, 7) is 4.36. The van der Waals surface area contributed by atoms with Crippen LogP contribution < -0.4 is 5.32 Å². The van der Waals surface area contributed by atoms with Crippen LogP contribution >= 0.6 is 11.3 Å². The van der Waals surface area contributed by atoms with E-state index < -0.39 is 0 Å². The number of para-hydroxylation sites is 1. The maximum Gasteiger partial charge on any atom is 0.0419 e. The zero-order valence-electron chi connectivity index (χ0n) is 11.5. The SMILES string of the molecule is C[C@H](c1cccs1)N(C)Cc1cccc2c1NCC2. The lowest BCUT2D eigenvalue weighted by molar-refractivity contribution is 0.257. The van der Waals surface area contributed by atoms with Crippen molar-refractivity contribution in [2.24, 2.45) is 0 Å². The van der Waals surface area contributed by atoms with Crippen LogP contribution in [-0.2, 0) is 13.0 Å². The predicted octanol–water partition coefficient (Wildman–Crippen LogP) is 3.91. The van der Waals surface area contributed by atoms with Crippen LogP contribution in [0.4, 0.5) is 5.69 Å². The lowest BCUT2D eigenvalue weighted by atomic mass is 10.1. The van der Waals surface area contributed by atoms with Gasteiger partial charge in [-0.2, -0.15) is 0 Å². The molecule has 0 unspecified atom stereocenters. The molecule has 0 bridgehead atoms. The zero-order chi connectivity index (χ0) is 13.2. The molecule has 3 rings (SSSR count). The molecule has 100 valence electrons. The Balaban J connectivity index is 1.77. The summed E-state index contributed by atoms with van der Waals surface area (Å²) in [4.78, 5) is 3.85. The molecule has 2 nitrogen and oxygen atoms in total. The Hall–Kier alpha value is -1.32. The third-order valence-corrected chi connectivity index (χ3v) is 5.01. The molecule has 0 radical (unpaired) electrons. The first-order valence-electron chi connectivity index (χ1n) is 6.84. The molecule has 3 heteroatoms. The van der Waals surface area contributed by atoms with Crippen molar-refractivity contribution in [3.05, 3.63) is 51.7 Å². The predicted molar refractivity (Wildman–Crippen MR) is 82.8 cm³/mol. The van der Waals surface area contributed by atoms with Gasteiger partial charge in [0, 0.05) is 29.7 Å². The number of fused-ring (bicyclic) bond motifs is 1. The van der Waals surface area contributed by atoms with Crippen molar-refractivity contribution in [3.8, 4) is 0 Å². The van der Waals surface area contributed by atoms with Crippen LogP contribution in [0.15, 0.2) is 35.7 Å². The number of nitrogens with zero attached hydrogens (tertiary/aromatic N) is 1. The number of hydrogen-bond acceptors (Lipinski definition) is 3. The molecule has 0 saturated carbocycles. The van der Waals surface area contributed by atoms with Gasteiger partial charge in [-0.15, -0.1) is 11.3 Å². The summed E-state index contributed by atoms with van der Waals surface area (Å²) in [6, 6.07) is 11.5. The second kappa shape index (κ2) is 5.35. The van der Waals surface area contributed by atoms with E-state index in [9.17, 15) is 0 Å². The Bertz CT molecular complexity index is 548. The highest BCUT2D eigenvalue weighted by Gasteiger charge is 2.17. The van der Waals surface area contributed by atoms with Gasteiger partial charge in [0.05, 0.1) is 0 Å². The average molecular weight is 272 g/mol. The topological polar surface area (TPSA) is 15.3 Å². The molecule has 2 heterocycles. The molecule has 0 saturated heterocycles. The highest BCUT2D eigenvalue weighted by molar-refractivity contribution is 7.10. The number of benzene rings is 1. The monoisotopic (exact) mass is 272 g/mol. The fourth-order valence-corrected chi connectivity index (χ4v) is 3.54. The van der Waals surface area contributed by atoms with E-state index in [1.54, 1.807) is 0 Å². The summed E-state index contributed by atoms with van der Waals surface area (Å²) in [7, 11) is 2.21. The van der Waals surface area contributed by atoms with Crippen molar-refractivity contribution in [2.75, 3.05) is 18.9 Å². The van der Waals surface area contributed by atoms with E-state index in [0.29, 0.717) is 6.04 Å². The highest BCUT2D eigenvalue weighted by Crippen LogP contribution is 2.30. The van der Waals surface area contributed by atoms with Gasteiger partial charge in [0.1, 0.15) is 0 Å². The van der Waals surface area contributed by atoms with E-state index in [1.165, 1.54) is 21.7 Å². The third-order valence-electron chi connectivity index (χ3n) is 3.97. The maximum atomic E-state index is 3.52. The summed E-state index contributed by atoms with van der Waals surface area (Å²) in [5.74, 6) is 0. The van der Waals surface area contributed by atoms with Gasteiger partial charge in [0.2, 0.25) is 0 Å². The minimum absolute atomic E-state index is 0.470. The molecule has 1 atom stereocenters. The highest BCUT2D eigenvalue weighted by atomic mass is 32.1. The Labute approximate surface area is 119 Å². The maximum absolute atomic E-state index is 3.52. The van der Waals surface area contributed by atoms with E-state index in [0.717, 1.165) is 19.5 Å². The van der Waals surface area contributed by atoms with E-state index in [4.69, 9.17) is 0 Å². The Morgan fingerprint density at radius 3 is 3.00 bits per heavy atom. The molecule has 1 aliphatic rings. The fraction of sp³-hybridized carbons (Fsp3) is 0.375. The van der Waals surface area contributed by atoms with Crippen molar-refractivity contribution >= 4 is 17.0 Å². The lowest BCUT2D eigenvalue weighted by Crippen LogP contribution is -2.21.